The van der Waals surface area contributed by atoms with Gasteiger partial charge in [0.1, 0.15) is 10.8 Å². The van der Waals surface area contributed by atoms with E-state index in [2.05, 4.69) is 37.5 Å². The Morgan fingerprint density at radius 1 is 1.28 bits per heavy atom. The van der Waals surface area contributed by atoms with Crippen LogP contribution in [0.2, 0.25) is 10.2 Å². The van der Waals surface area contributed by atoms with E-state index in [-0.39, 0.29) is 0 Å². The van der Waals surface area contributed by atoms with E-state index in [1.165, 1.54) is 0 Å². The van der Waals surface area contributed by atoms with E-state index in [0.717, 1.165) is 9.26 Å². The Bertz CT molecular complexity index is 563. The molecule has 0 bridgehead atoms. The van der Waals surface area contributed by atoms with E-state index in [4.69, 9.17) is 27.9 Å². The lowest BCUT2D eigenvalue weighted by atomic mass is 10.3. The van der Waals surface area contributed by atoms with Crippen LogP contribution in [0.3, 0.4) is 0 Å². The SMILES string of the molecule is COCc1nc(-c2ccc(Cl)cn2)nc(Cl)c1I. The van der Waals surface area contributed by atoms with Crippen molar-refractivity contribution in [1.82, 2.24) is 15.0 Å². The fourth-order valence-corrected chi connectivity index (χ4v) is 2.02. The zero-order valence-electron chi connectivity index (χ0n) is 9.32. The molecule has 0 N–H and O–H groups in total. The number of hydrogen-bond donors (Lipinski definition) is 0. The van der Waals surface area contributed by atoms with E-state index in [9.17, 15) is 0 Å². The second-order valence-electron chi connectivity index (χ2n) is 3.39. The maximum atomic E-state index is 6.07. The maximum Gasteiger partial charge on any atom is 0.179 e. The van der Waals surface area contributed by atoms with Crippen LogP contribution >= 0.6 is 45.8 Å². The van der Waals surface area contributed by atoms with Crippen molar-refractivity contribution in [2.24, 2.45) is 0 Å². The van der Waals surface area contributed by atoms with Crippen molar-refractivity contribution in [2.75, 3.05) is 7.11 Å². The normalized spacial score (nSPS) is 10.7. The summed E-state index contributed by atoms with van der Waals surface area (Å²) in [5.74, 6) is 0.462. The minimum absolute atomic E-state index is 0.376. The molecule has 0 aliphatic heterocycles. The van der Waals surface area contributed by atoms with Gasteiger partial charge in [0.15, 0.2) is 5.82 Å². The van der Waals surface area contributed by atoms with Crippen LogP contribution in [0, 0.1) is 3.57 Å². The molecule has 0 aliphatic rings. The van der Waals surface area contributed by atoms with Gasteiger partial charge in [-0.15, -0.1) is 0 Å². The average molecular weight is 396 g/mol. The first-order valence-corrected chi connectivity index (χ1v) is 6.78. The highest BCUT2D eigenvalue weighted by molar-refractivity contribution is 14.1. The molecule has 7 heteroatoms. The van der Waals surface area contributed by atoms with Crippen LogP contribution in [0.4, 0.5) is 0 Å². The number of hydrogen-bond acceptors (Lipinski definition) is 4. The third-order valence-corrected chi connectivity index (χ3v) is 4.07. The lowest BCUT2D eigenvalue weighted by molar-refractivity contribution is 0.181. The minimum atomic E-state index is 0.376. The van der Waals surface area contributed by atoms with Crippen molar-refractivity contribution in [3.05, 3.63) is 37.8 Å². The van der Waals surface area contributed by atoms with E-state index in [0.29, 0.717) is 28.3 Å². The third kappa shape index (κ3) is 3.09. The van der Waals surface area contributed by atoms with Crippen molar-refractivity contribution < 1.29 is 4.74 Å². The van der Waals surface area contributed by atoms with Crippen LogP contribution in [-0.4, -0.2) is 22.1 Å². The number of methoxy groups -OCH3 is 1. The molecule has 2 heterocycles. The highest BCUT2D eigenvalue weighted by atomic mass is 127. The summed E-state index contributed by atoms with van der Waals surface area (Å²) in [6.45, 7) is 0.376. The van der Waals surface area contributed by atoms with Crippen LogP contribution in [0.15, 0.2) is 18.3 Å². The molecule has 0 fully saturated rings. The van der Waals surface area contributed by atoms with E-state index in [1.54, 1.807) is 25.4 Å². The Kier molecular flexibility index (Phi) is 4.71. The lowest BCUT2D eigenvalue weighted by Crippen LogP contribution is -2.02. The molecule has 94 valence electrons. The summed E-state index contributed by atoms with van der Waals surface area (Å²) in [7, 11) is 1.60. The predicted octanol–water partition coefficient (Wildman–Crippen LogP) is 3.60. The summed E-state index contributed by atoms with van der Waals surface area (Å²) in [6, 6.07) is 3.48. The van der Waals surface area contributed by atoms with Crippen molar-refractivity contribution in [3.8, 4) is 11.5 Å². The number of aromatic nitrogens is 3. The van der Waals surface area contributed by atoms with Gasteiger partial charge >= 0.3 is 0 Å². The number of pyridine rings is 1. The lowest BCUT2D eigenvalue weighted by Gasteiger charge is -2.07. The molecule has 0 spiro atoms. The first-order chi connectivity index (χ1) is 8.61. The van der Waals surface area contributed by atoms with Gasteiger partial charge in [0.25, 0.3) is 0 Å². The van der Waals surface area contributed by atoms with Crippen LogP contribution in [0.25, 0.3) is 11.5 Å². The average Bonchev–Trinajstić information content (AvgIpc) is 2.36. The summed E-state index contributed by atoms with van der Waals surface area (Å²) in [5.41, 5.74) is 1.36. The topological polar surface area (TPSA) is 47.9 Å². The molecule has 0 saturated carbocycles. The molecule has 0 saturated heterocycles. The molecular weight excluding hydrogens is 388 g/mol. The molecule has 18 heavy (non-hydrogen) atoms. The van der Waals surface area contributed by atoms with Gasteiger partial charge in [-0.3, -0.25) is 4.98 Å². The molecule has 0 unspecified atom stereocenters. The molecule has 4 nitrogen and oxygen atoms in total. The Morgan fingerprint density at radius 2 is 2.06 bits per heavy atom. The molecule has 0 atom stereocenters. The fourth-order valence-electron chi connectivity index (χ4n) is 1.32. The third-order valence-electron chi connectivity index (χ3n) is 2.12. The van der Waals surface area contributed by atoms with Gasteiger partial charge in [0, 0.05) is 13.3 Å². The van der Waals surface area contributed by atoms with Gasteiger partial charge in [-0.25, -0.2) is 9.97 Å². The summed E-state index contributed by atoms with van der Waals surface area (Å²) >= 11 is 13.9. The number of ether oxygens (including phenoxy) is 1. The molecule has 0 aromatic carbocycles. The highest BCUT2D eigenvalue weighted by Gasteiger charge is 2.12. The quantitative estimate of drug-likeness (QED) is 0.588. The molecule has 0 radical (unpaired) electrons. The van der Waals surface area contributed by atoms with Gasteiger partial charge in [0.05, 0.1) is 20.9 Å². The van der Waals surface area contributed by atoms with Crippen LogP contribution < -0.4 is 0 Å². The second kappa shape index (κ2) is 6.10. The minimum Gasteiger partial charge on any atom is -0.378 e. The monoisotopic (exact) mass is 395 g/mol. The molecule has 0 amide bonds. The second-order valence-corrected chi connectivity index (χ2v) is 5.27. The summed E-state index contributed by atoms with van der Waals surface area (Å²) < 4.78 is 5.86. The standard InChI is InChI=1S/C11H8Cl2IN3O/c1-18-5-8-9(14)10(13)17-11(16-8)7-3-2-6(12)4-15-7/h2-4H,5H2,1H3. The largest absolute Gasteiger partial charge is 0.378 e. The first kappa shape index (κ1) is 13.9. The summed E-state index contributed by atoms with van der Waals surface area (Å²) in [5, 5.41) is 0.955. The van der Waals surface area contributed by atoms with Crippen molar-refractivity contribution in [3.63, 3.8) is 0 Å². The van der Waals surface area contributed by atoms with Crippen LogP contribution in [0.5, 0.6) is 0 Å². The Morgan fingerprint density at radius 3 is 2.67 bits per heavy atom. The van der Waals surface area contributed by atoms with E-state index >= 15 is 0 Å². The number of halogens is 3. The van der Waals surface area contributed by atoms with Crippen molar-refractivity contribution in [2.45, 2.75) is 6.61 Å². The van der Waals surface area contributed by atoms with Gasteiger partial charge in [0.2, 0.25) is 0 Å². The smallest absolute Gasteiger partial charge is 0.179 e. The number of rotatable bonds is 3. The Balaban J connectivity index is 2.48. The Labute approximate surface area is 128 Å². The molecule has 2 aromatic heterocycles. The summed E-state index contributed by atoms with van der Waals surface area (Å²) in [6.07, 6.45) is 1.54. The molecule has 2 rings (SSSR count). The number of nitrogens with zero attached hydrogens (tertiary/aromatic N) is 3. The van der Waals surface area contributed by atoms with Crippen LogP contribution in [0.1, 0.15) is 5.69 Å². The summed E-state index contributed by atoms with van der Waals surface area (Å²) in [4.78, 5) is 12.8. The zero-order valence-corrected chi connectivity index (χ0v) is 13.0. The zero-order chi connectivity index (χ0) is 13.1. The van der Waals surface area contributed by atoms with Gasteiger partial charge in [-0.2, -0.15) is 0 Å². The van der Waals surface area contributed by atoms with Gasteiger partial charge < -0.3 is 4.74 Å². The van der Waals surface area contributed by atoms with E-state index in [1.807, 2.05) is 0 Å². The van der Waals surface area contributed by atoms with Crippen molar-refractivity contribution in [1.29, 1.82) is 0 Å². The first-order valence-electron chi connectivity index (χ1n) is 4.94. The predicted molar refractivity (Wildman–Crippen MR) is 78.7 cm³/mol. The van der Waals surface area contributed by atoms with Crippen LogP contribution in [-0.2, 0) is 11.3 Å². The molecular formula is C11H8Cl2IN3O. The Hall–Kier alpha value is -0.500. The maximum absolute atomic E-state index is 6.07. The van der Waals surface area contributed by atoms with Gasteiger partial charge in [-0.1, -0.05) is 23.2 Å². The van der Waals surface area contributed by atoms with Crippen molar-refractivity contribution >= 4 is 45.8 Å². The molecule has 0 aliphatic carbocycles. The fraction of sp³-hybridized carbons (Fsp3) is 0.182. The van der Waals surface area contributed by atoms with Gasteiger partial charge in [-0.05, 0) is 34.7 Å². The molecule has 2 aromatic rings. The van der Waals surface area contributed by atoms with E-state index < -0.39 is 0 Å². The highest BCUT2D eigenvalue weighted by Crippen LogP contribution is 2.23.